The summed E-state index contributed by atoms with van der Waals surface area (Å²) in [4.78, 5) is 4.05. The van der Waals surface area contributed by atoms with Gasteiger partial charge in [-0.3, -0.25) is 0 Å². The van der Waals surface area contributed by atoms with Crippen molar-refractivity contribution in [1.29, 1.82) is 0 Å². The number of benzene rings is 1. The predicted octanol–water partition coefficient (Wildman–Crippen LogP) is 2.06. The van der Waals surface area contributed by atoms with E-state index in [0.717, 1.165) is 5.56 Å². The highest BCUT2D eigenvalue weighted by atomic mass is 16.5. The van der Waals surface area contributed by atoms with Crippen molar-refractivity contribution in [3.05, 3.63) is 29.6 Å². The van der Waals surface area contributed by atoms with Gasteiger partial charge >= 0.3 is 0 Å². The molecular formula is C10H10N2O2. The van der Waals surface area contributed by atoms with Crippen molar-refractivity contribution in [3.8, 4) is 17.2 Å². The third-order valence-electron chi connectivity index (χ3n) is 1.91. The zero-order chi connectivity index (χ0) is 10.1. The van der Waals surface area contributed by atoms with Crippen molar-refractivity contribution >= 4 is 0 Å². The minimum Gasteiger partial charge on any atom is -0.507 e. The maximum atomic E-state index is 9.57. The summed E-state index contributed by atoms with van der Waals surface area (Å²) in [5.41, 5.74) is 1.61. The summed E-state index contributed by atoms with van der Waals surface area (Å²) in [6.07, 6.45) is 0. The minimum absolute atomic E-state index is 0.152. The summed E-state index contributed by atoms with van der Waals surface area (Å²) in [6, 6.07) is 5.24. The number of hydrogen-bond acceptors (Lipinski definition) is 4. The van der Waals surface area contributed by atoms with Crippen LogP contribution in [0.25, 0.3) is 11.5 Å². The molecule has 1 N–H and O–H groups in total. The lowest BCUT2D eigenvalue weighted by atomic mass is 10.1. The molecule has 1 aromatic heterocycles. The van der Waals surface area contributed by atoms with Gasteiger partial charge in [0.2, 0.25) is 0 Å². The number of hydrogen-bond donors (Lipinski definition) is 1. The molecule has 0 atom stereocenters. The summed E-state index contributed by atoms with van der Waals surface area (Å²) >= 11 is 0. The van der Waals surface area contributed by atoms with E-state index < -0.39 is 0 Å². The number of aryl methyl sites for hydroxylation is 2. The van der Waals surface area contributed by atoms with E-state index in [1.165, 1.54) is 0 Å². The van der Waals surface area contributed by atoms with E-state index in [1.54, 1.807) is 13.0 Å². The molecule has 0 radical (unpaired) electrons. The van der Waals surface area contributed by atoms with Gasteiger partial charge in [0.05, 0.1) is 5.56 Å². The lowest BCUT2D eigenvalue weighted by Crippen LogP contribution is -1.81. The molecule has 0 fully saturated rings. The van der Waals surface area contributed by atoms with Crippen LogP contribution in [0, 0.1) is 13.8 Å². The highest BCUT2D eigenvalue weighted by molar-refractivity contribution is 5.62. The van der Waals surface area contributed by atoms with Gasteiger partial charge < -0.3 is 9.63 Å². The van der Waals surface area contributed by atoms with Crippen LogP contribution in [0.15, 0.2) is 22.7 Å². The average Bonchev–Trinajstić information content (AvgIpc) is 2.56. The molecule has 4 nitrogen and oxygen atoms in total. The third-order valence-corrected chi connectivity index (χ3v) is 1.91. The fourth-order valence-corrected chi connectivity index (χ4v) is 1.23. The van der Waals surface area contributed by atoms with Crippen LogP contribution >= 0.6 is 0 Å². The number of rotatable bonds is 1. The Bertz CT molecular complexity index is 463. The van der Waals surface area contributed by atoms with E-state index in [9.17, 15) is 5.11 Å². The van der Waals surface area contributed by atoms with Crippen LogP contribution in [-0.4, -0.2) is 15.2 Å². The number of aromatic nitrogens is 2. The maximum absolute atomic E-state index is 9.57. The largest absolute Gasteiger partial charge is 0.507 e. The molecule has 72 valence electrons. The van der Waals surface area contributed by atoms with Gasteiger partial charge in [0.25, 0.3) is 5.89 Å². The Morgan fingerprint density at radius 2 is 2.07 bits per heavy atom. The van der Waals surface area contributed by atoms with Crippen molar-refractivity contribution < 1.29 is 9.63 Å². The highest BCUT2D eigenvalue weighted by Gasteiger charge is 2.10. The maximum Gasteiger partial charge on any atom is 0.261 e. The minimum atomic E-state index is 0.152. The summed E-state index contributed by atoms with van der Waals surface area (Å²) in [7, 11) is 0. The summed E-state index contributed by atoms with van der Waals surface area (Å²) in [5.74, 6) is 1.06. The molecule has 1 aromatic carbocycles. The number of phenolic OH excluding ortho intramolecular Hbond substituents is 1. The molecular weight excluding hydrogens is 180 g/mol. The Hall–Kier alpha value is -1.84. The summed E-state index contributed by atoms with van der Waals surface area (Å²) < 4.78 is 4.97. The van der Waals surface area contributed by atoms with Crippen LogP contribution in [0.2, 0.25) is 0 Å². The average molecular weight is 190 g/mol. The Balaban J connectivity index is 2.55. The Labute approximate surface area is 81.2 Å². The van der Waals surface area contributed by atoms with Crippen LogP contribution < -0.4 is 0 Å². The van der Waals surface area contributed by atoms with Crippen molar-refractivity contribution in [3.63, 3.8) is 0 Å². The van der Waals surface area contributed by atoms with Crippen LogP contribution in [-0.2, 0) is 0 Å². The molecule has 2 aromatic rings. The number of phenols is 1. The quantitative estimate of drug-likeness (QED) is 0.747. The topological polar surface area (TPSA) is 59.2 Å². The second-order valence-electron chi connectivity index (χ2n) is 3.17. The van der Waals surface area contributed by atoms with E-state index in [0.29, 0.717) is 17.3 Å². The molecule has 0 aliphatic rings. The van der Waals surface area contributed by atoms with Gasteiger partial charge in [0, 0.05) is 0 Å². The van der Waals surface area contributed by atoms with Crippen LogP contribution in [0.3, 0.4) is 0 Å². The van der Waals surface area contributed by atoms with Gasteiger partial charge in [-0.05, 0) is 26.0 Å². The first-order valence-electron chi connectivity index (χ1n) is 4.27. The van der Waals surface area contributed by atoms with Crippen LogP contribution in [0.1, 0.15) is 11.4 Å². The van der Waals surface area contributed by atoms with E-state index in [4.69, 9.17) is 4.52 Å². The number of aromatic hydroxyl groups is 1. The van der Waals surface area contributed by atoms with E-state index in [1.807, 2.05) is 19.1 Å². The Morgan fingerprint density at radius 1 is 1.29 bits per heavy atom. The summed E-state index contributed by atoms with van der Waals surface area (Å²) in [5, 5.41) is 13.2. The summed E-state index contributed by atoms with van der Waals surface area (Å²) in [6.45, 7) is 3.67. The molecule has 0 saturated carbocycles. The van der Waals surface area contributed by atoms with Crippen LogP contribution in [0.5, 0.6) is 5.75 Å². The van der Waals surface area contributed by atoms with Gasteiger partial charge in [-0.2, -0.15) is 4.98 Å². The zero-order valence-electron chi connectivity index (χ0n) is 7.98. The fourth-order valence-electron chi connectivity index (χ4n) is 1.23. The fraction of sp³-hybridized carbons (Fsp3) is 0.200. The Morgan fingerprint density at radius 3 is 2.71 bits per heavy atom. The van der Waals surface area contributed by atoms with E-state index in [-0.39, 0.29) is 5.75 Å². The van der Waals surface area contributed by atoms with Gasteiger partial charge in [0.15, 0.2) is 5.82 Å². The van der Waals surface area contributed by atoms with E-state index >= 15 is 0 Å². The smallest absolute Gasteiger partial charge is 0.261 e. The SMILES string of the molecule is Cc1ccc(O)c(-c2nc(C)no2)c1. The molecule has 14 heavy (non-hydrogen) atoms. The standard InChI is InChI=1S/C10H10N2O2/c1-6-3-4-9(13)8(5-6)10-11-7(2)12-14-10/h3-5,13H,1-2H3. The monoisotopic (exact) mass is 190 g/mol. The molecule has 2 rings (SSSR count). The van der Waals surface area contributed by atoms with Crippen LogP contribution in [0.4, 0.5) is 0 Å². The second-order valence-corrected chi connectivity index (χ2v) is 3.17. The first kappa shape index (κ1) is 8.74. The number of nitrogens with zero attached hydrogens (tertiary/aromatic N) is 2. The third kappa shape index (κ3) is 1.46. The first-order valence-corrected chi connectivity index (χ1v) is 4.27. The normalized spacial score (nSPS) is 10.4. The van der Waals surface area contributed by atoms with Crippen molar-refractivity contribution in [2.45, 2.75) is 13.8 Å². The van der Waals surface area contributed by atoms with Crippen molar-refractivity contribution in [2.75, 3.05) is 0 Å². The molecule has 0 bridgehead atoms. The predicted molar refractivity (Wildman–Crippen MR) is 50.9 cm³/mol. The molecule has 0 amide bonds. The molecule has 0 saturated heterocycles. The lowest BCUT2D eigenvalue weighted by molar-refractivity contribution is 0.420. The van der Waals surface area contributed by atoms with Gasteiger partial charge in [-0.1, -0.05) is 16.8 Å². The molecule has 0 aliphatic heterocycles. The van der Waals surface area contributed by atoms with Gasteiger partial charge in [0.1, 0.15) is 5.75 Å². The first-order chi connectivity index (χ1) is 6.66. The lowest BCUT2D eigenvalue weighted by Gasteiger charge is -1.99. The zero-order valence-corrected chi connectivity index (χ0v) is 7.98. The van der Waals surface area contributed by atoms with Crippen molar-refractivity contribution in [1.82, 2.24) is 10.1 Å². The van der Waals surface area contributed by atoms with E-state index in [2.05, 4.69) is 10.1 Å². The van der Waals surface area contributed by atoms with Gasteiger partial charge in [-0.15, -0.1) is 0 Å². The van der Waals surface area contributed by atoms with Gasteiger partial charge in [-0.25, -0.2) is 0 Å². The molecule has 0 spiro atoms. The molecule has 1 heterocycles. The van der Waals surface area contributed by atoms with Crippen molar-refractivity contribution in [2.24, 2.45) is 0 Å². The highest BCUT2D eigenvalue weighted by Crippen LogP contribution is 2.28. The molecule has 4 heteroatoms. The molecule has 0 aliphatic carbocycles. The Kier molecular flexibility index (Phi) is 1.96. The second kappa shape index (κ2) is 3.14. The molecule has 0 unspecified atom stereocenters.